The number of hydrogen-bond donors (Lipinski definition) is 2. The number of primary amides is 1. The highest BCUT2D eigenvalue weighted by Gasteiger charge is 2.02. The first-order chi connectivity index (χ1) is 4.16. The van der Waals surface area contributed by atoms with Gasteiger partial charge in [0.1, 0.15) is 6.61 Å². The molecule has 1 unspecified atom stereocenters. The van der Waals surface area contributed by atoms with E-state index in [1.807, 2.05) is 0 Å². The SMILES string of the molecule is N#CC(O)COC(N)=O. The van der Waals surface area contributed by atoms with Crippen LogP contribution < -0.4 is 5.73 Å². The van der Waals surface area contributed by atoms with E-state index < -0.39 is 12.2 Å². The molecule has 0 saturated heterocycles. The minimum atomic E-state index is -1.28. The molecule has 0 radical (unpaired) electrons. The number of rotatable bonds is 2. The Morgan fingerprint density at radius 3 is 2.89 bits per heavy atom. The van der Waals surface area contributed by atoms with Crippen LogP contribution >= 0.6 is 0 Å². The Hall–Kier alpha value is -1.28. The summed E-state index contributed by atoms with van der Waals surface area (Å²) >= 11 is 0. The van der Waals surface area contributed by atoms with Crippen LogP contribution in [0.15, 0.2) is 0 Å². The normalized spacial score (nSPS) is 11.6. The van der Waals surface area contributed by atoms with Crippen molar-refractivity contribution in [2.24, 2.45) is 5.73 Å². The van der Waals surface area contributed by atoms with Crippen LogP contribution in [0.1, 0.15) is 0 Å². The molecular formula is C4H6N2O3. The highest BCUT2D eigenvalue weighted by molar-refractivity contribution is 5.64. The lowest BCUT2D eigenvalue weighted by Crippen LogP contribution is -2.20. The van der Waals surface area contributed by atoms with Crippen molar-refractivity contribution in [1.29, 1.82) is 5.26 Å². The third kappa shape index (κ3) is 4.58. The lowest BCUT2D eigenvalue weighted by Gasteiger charge is -1.99. The van der Waals surface area contributed by atoms with Crippen LogP contribution in [0.4, 0.5) is 4.79 Å². The molecule has 5 nitrogen and oxygen atoms in total. The van der Waals surface area contributed by atoms with E-state index in [0.29, 0.717) is 0 Å². The van der Waals surface area contributed by atoms with Gasteiger partial charge in [0.05, 0.1) is 6.07 Å². The lowest BCUT2D eigenvalue weighted by atomic mass is 10.4. The molecule has 0 aliphatic rings. The van der Waals surface area contributed by atoms with Crippen LogP contribution in [-0.4, -0.2) is 23.9 Å². The molecule has 0 bridgehead atoms. The first kappa shape index (κ1) is 7.72. The standard InChI is InChI=1S/C4H6N2O3/c5-1-3(7)2-9-4(6)8/h3,7H,2H2,(H2,6,8). The van der Waals surface area contributed by atoms with Crippen molar-refractivity contribution in [1.82, 2.24) is 0 Å². The molecule has 0 aromatic rings. The Balaban J connectivity index is 3.30. The van der Waals surface area contributed by atoms with E-state index >= 15 is 0 Å². The van der Waals surface area contributed by atoms with Gasteiger partial charge >= 0.3 is 6.09 Å². The van der Waals surface area contributed by atoms with Gasteiger partial charge in [0.15, 0.2) is 6.10 Å². The Labute approximate surface area is 51.6 Å². The number of nitrogens with two attached hydrogens (primary N) is 1. The molecule has 0 fully saturated rings. The summed E-state index contributed by atoms with van der Waals surface area (Å²) in [7, 11) is 0. The smallest absolute Gasteiger partial charge is 0.404 e. The second-order valence-electron chi connectivity index (χ2n) is 1.27. The largest absolute Gasteiger partial charge is 0.446 e. The van der Waals surface area contributed by atoms with E-state index in [-0.39, 0.29) is 6.61 Å². The van der Waals surface area contributed by atoms with Crippen molar-refractivity contribution in [3.8, 4) is 6.07 Å². The number of hydrogen-bond acceptors (Lipinski definition) is 4. The topological polar surface area (TPSA) is 96.3 Å². The van der Waals surface area contributed by atoms with E-state index in [9.17, 15) is 4.79 Å². The average Bonchev–Trinajstić information content (AvgIpc) is 1.83. The molecule has 0 rings (SSSR count). The zero-order chi connectivity index (χ0) is 7.28. The molecule has 9 heavy (non-hydrogen) atoms. The molecule has 0 aliphatic carbocycles. The third-order valence-electron chi connectivity index (χ3n) is 0.532. The maximum Gasteiger partial charge on any atom is 0.404 e. The molecule has 3 N–H and O–H groups in total. The summed E-state index contributed by atoms with van der Waals surface area (Å²) in [5.41, 5.74) is 4.51. The zero-order valence-corrected chi connectivity index (χ0v) is 4.57. The number of nitrogens with zero attached hydrogens (tertiary/aromatic N) is 1. The van der Waals surface area contributed by atoms with Gasteiger partial charge in [-0.15, -0.1) is 0 Å². The Morgan fingerprint density at radius 1 is 2.00 bits per heavy atom. The van der Waals surface area contributed by atoms with E-state index in [0.717, 1.165) is 0 Å². The lowest BCUT2D eigenvalue weighted by molar-refractivity contribution is 0.101. The van der Waals surface area contributed by atoms with E-state index in [2.05, 4.69) is 10.5 Å². The maximum atomic E-state index is 9.80. The van der Waals surface area contributed by atoms with Crippen LogP contribution in [-0.2, 0) is 4.74 Å². The van der Waals surface area contributed by atoms with Crippen LogP contribution in [0.25, 0.3) is 0 Å². The summed E-state index contributed by atoms with van der Waals surface area (Å²) < 4.78 is 4.06. The molecule has 0 aromatic carbocycles. The fourth-order valence-electron chi connectivity index (χ4n) is 0.198. The molecule has 0 spiro atoms. The molecule has 1 amide bonds. The molecule has 0 heterocycles. The summed E-state index contributed by atoms with van der Waals surface area (Å²) in [6.45, 7) is -0.369. The highest BCUT2D eigenvalue weighted by Crippen LogP contribution is 1.80. The average molecular weight is 130 g/mol. The molecule has 0 saturated carbocycles. The van der Waals surface area contributed by atoms with Crippen molar-refractivity contribution < 1.29 is 14.6 Å². The number of aliphatic hydroxyl groups is 1. The summed E-state index contributed by atoms with van der Waals surface area (Å²) in [6.07, 6.45) is -2.28. The predicted molar refractivity (Wildman–Crippen MR) is 27.2 cm³/mol. The van der Waals surface area contributed by atoms with E-state index in [4.69, 9.17) is 10.4 Å². The minimum absolute atomic E-state index is 0.369. The van der Waals surface area contributed by atoms with Gasteiger partial charge in [-0.25, -0.2) is 4.79 Å². The number of aliphatic hydroxyl groups excluding tert-OH is 1. The third-order valence-corrected chi connectivity index (χ3v) is 0.532. The van der Waals surface area contributed by atoms with Gasteiger partial charge in [-0.1, -0.05) is 0 Å². The summed E-state index contributed by atoms with van der Waals surface area (Å²) in [5, 5.41) is 16.3. The molecule has 0 aliphatic heterocycles. The first-order valence-corrected chi connectivity index (χ1v) is 2.16. The second-order valence-corrected chi connectivity index (χ2v) is 1.27. The number of amides is 1. The van der Waals surface area contributed by atoms with Crippen molar-refractivity contribution in [3.63, 3.8) is 0 Å². The van der Waals surface area contributed by atoms with Crippen LogP contribution in [0, 0.1) is 11.3 Å². The number of carbonyl (C=O) groups is 1. The van der Waals surface area contributed by atoms with Gasteiger partial charge in [0, 0.05) is 0 Å². The monoisotopic (exact) mass is 130 g/mol. The van der Waals surface area contributed by atoms with Gasteiger partial charge in [-0.2, -0.15) is 5.26 Å². The fourth-order valence-corrected chi connectivity index (χ4v) is 0.198. The fraction of sp³-hybridized carbons (Fsp3) is 0.500. The Morgan fingerprint density at radius 2 is 2.56 bits per heavy atom. The Bertz CT molecular complexity index is 139. The predicted octanol–water partition coefficient (Wildman–Crippen LogP) is -1.03. The number of ether oxygens (including phenoxy) is 1. The summed E-state index contributed by atoms with van der Waals surface area (Å²) in [5.74, 6) is 0. The highest BCUT2D eigenvalue weighted by atomic mass is 16.6. The molecule has 1 atom stereocenters. The van der Waals surface area contributed by atoms with E-state index in [1.54, 1.807) is 0 Å². The first-order valence-electron chi connectivity index (χ1n) is 2.16. The van der Waals surface area contributed by atoms with Crippen molar-refractivity contribution in [3.05, 3.63) is 0 Å². The van der Waals surface area contributed by atoms with Gasteiger partial charge in [-0.3, -0.25) is 0 Å². The molecular weight excluding hydrogens is 124 g/mol. The quantitative estimate of drug-likeness (QED) is 0.467. The minimum Gasteiger partial charge on any atom is -0.446 e. The molecule has 5 heteroatoms. The second kappa shape index (κ2) is 3.69. The molecule has 50 valence electrons. The van der Waals surface area contributed by atoms with Crippen LogP contribution in [0.3, 0.4) is 0 Å². The number of carbonyl (C=O) groups excluding carboxylic acids is 1. The summed E-state index contributed by atoms with van der Waals surface area (Å²) in [4.78, 5) is 9.80. The summed E-state index contributed by atoms with van der Waals surface area (Å²) in [6, 6.07) is 1.44. The van der Waals surface area contributed by atoms with Gasteiger partial charge in [-0.05, 0) is 0 Å². The van der Waals surface area contributed by atoms with Gasteiger partial charge in [0.2, 0.25) is 0 Å². The van der Waals surface area contributed by atoms with Crippen molar-refractivity contribution in [2.45, 2.75) is 6.10 Å². The van der Waals surface area contributed by atoms with Crippen molar-refractivity contribution in [2.75, 3.05) is 6.61 Å². The van der Waals surface area contributed by atoms with Crippen LogP contribution in [0.2, 0.25) is 0 Å². The van der Waals surface area contributed by atoms with Crippen LogP contribution in [0.5, 0.6) is 0 Å². The Kier molecular flexibility index (Phi) is 3.16. The number of nitriles is 1. The van der Waals surface area contributed by atoms with Gasteiger partial charge < -0.3 is 15.6 Å². The van der Waals surface area contributed by atoms with E-state index in [1.165, 1.54) is 6.07 Å². The maximum absolute atomic E-state index is 9.80. The van der Waals surface area contributed by atoms with Crippen molar-refractivity contribution >= 4 is 6.09 Å². The van der Waals surface area contributed by atoms with Gasteiger partial charge in [0.25, 0.3) is 0 Å². The molecule has 0 aromatic heterocycles. The zero-order valence-electron chi connectivity index (χ0n) is 4.57.